The van der Waals surface area contributed by atoms with Crippen LogP contribution in [0.1, 0.15) is 26.7 Å². The van der Waals surface area contributed by atoms with Gasteiger partial charge in [0.25, 0.3) is 5.91 Å². The Kier molecular flexibility index (Phi) is 5.95. The predicted molar refractivity (Wildman–Crippen MR) is 86.4 cm³/mol. The van der Waals surface area contributed by atoms with Crippen molar-refractivity contribution < 1.29 is 28.2 Å². The number of para-hydroxylation sites is 1. The number of hydrogen-bond acceptors (Lipinski definition) is 5. The topological polar surface area (TPSA) is 84.9 Å². The average Bonchev–Trinajstić information content (AvgIpc) is 2.85. The highest BCUT2D eigenvalue weighted by Gasteiger charge is 2.49. The van der Waals surface area contributed by atoms with Gasteiger partial charge in [0.2, 0.25) is 0 Å². The molecule has 0 spiro atoms. The molecule has 7 nitrogen and oxygen atoms in total. The Morgan fingerprint density at radius 3 is 2.48 bits per heavy atom. The van der Waals surface area contributed by atoms with Crippen LogP contribution in [-0.2, 0) is 14.3 Å². The van der Waals surface area contributed by atoms with E-state index in [0.29, 0.717) is 12.8 Å². The number of amides is 3. The summed E-state index contributed by atoms with van der Waals surface area (Å²) in [5.74, 6) is -1.61. The summed E-state index contributed by atoms with van der Waals surface area (Å²) in [6, 6.07) is 5.27. The van der Waals surface area contributed by atoms with Crippen molar-refractivity contribution in [1.29, 1.82) is 0 Å². The van der Waals surface area contributed by atoms with Gasteiger partial charge in [0, 0.05) is 0 Å². The van der Waals surface area contributed by atoms with Gasteiger partial charge in [0.15, 0.2) is 11.6 Å². The quantitative estimate of drug-likeness (QED) is 0.438. The van der Waals surface area contributed by atoms with Gasteiger partial charge in [-0.05, 0) is 25.0 Å². The monoisotopic (exact) mass is 352 g/mol. The summed E-state index contributed by atoms with van der Waals surface area (Å²) < 4.78 is 23.4. The zero-order chi connectivity index (χ0) is 18.4. The number of hydrogen-bond donors (Lipinski definition) is 1. The number of nitrogens with one attached hydrogen (secondary N) is 1. The predicted octanol–water partition coefficient (Wildman–Crippen LogP) is 1.86. The fraction of sp³-hybridized carbons (Fsp3) is 0.471. The van der Waals surface area contributed by atoms with Crippen LogP contribution in [0, 0.1) is 5.82 Å². The first kappa shape index (κ1) is 18.7. The van der Waals surface area contributed by atoms with E-state index in [9.17, 15) is 18.8 Å². The fourth-order valence-corrected chi connectivity index (χ4v) is 2.59. The summed E-state index contributed by atoms with van der Waals surface area (Å²) in [6.07, 6.45) is 0.881. The van der Waals surface area contributed by atoms with Gasteiger partial charge in [0.1, 0.15) is 25.3 Å². The number of nitrogens with zero attached hydrogens (tertiary/aromatic N) is 1. The number of carbonyl (C=O) groups excluding carboxylic acids is 3. The van der Waals surface area contributed by atoms with Crippen LogP contribution in [0.2, 0.25) is 0 Å². The number of carbonyl (C=O) groups is 3. The van der Waals surface area contributed by atoms with E-state index >= 15 is 0 Å². The van der Waals surface area contributed by atoms with Gasteiger partial charge in [-0.3, -0.25) is 14.5 Å². The molecule has 136 valence electrons. The third kappa shape index (κ3) is 4.07. The lowest BCUT2D eigenvalue weighted by Gasteiger charge is -2.22. The van der Waals surface area contributed by atoms with Crippen LogP contribution in [0.5, 0.6) is 5.75 Å². The lowest BCUT2D eigenvalue weighted by atomic mass is 9.93. The summed E-state index contributed by atoms with van der Waals surface area (Å²) in [7, 11) is 0. The molecule has 0 atom stereocenters. The normalized spacial score (nSPS) is 15.9. The SMILES string of the molecule is CCC1(CC)NC(=O)N(CC(=O)OCCOc2ccccc2F)C1=O. The lowest BCUT2D eigenvalue weighted by molar-refractivity contribution is -0.148. The minimum absolute atomic E-state index is 0.0410. The maximum atomic E-state index is 13.4. The number of halogens is 1. The Morgan fingerprint density at radius 2 is 1.88 bits per heavy atom. The second-order valence-electron chi connectivity index (χ2n) is 5.61. The molecule has 25 heavy (non-hydrogen) atoms. The molecule has 0 saturated carbocycles. The molecule has 1 aromatic carbocycles. The molecule has 0 radical (unpaired) electrons. The van der Waals surface area contributed by atoms with Gasteiger partial charge in [-0.2, -0.15) is 0 Å². The maximum absolute atomic E-state index is 13.4. The molecule has 0 bridgehead atoms. The first-order chi connectivity index (χ1) is 11.9. The molecule has 3 amide bonds. The summed E-state index contributed by atoms with van der Waals surface area (Å²) >= 11 is 0. The highest BCUT2D eigenvalue weighted by Crippen LogP contribution is 2.24. The smallest absolute Gasteiger partial charge is 0.326 e. The van der Waals surface area contributed by atoms with Gasteiger partial charge in [-0.15, -0.1) is 0 Å². The molecule has 1 aliphatic heterocycles. The van der Waals surface area contributed by atoms with Crippen LogP contribution < -0.4 is 10.1 Å². The maximum Gasteiger partial charge on any atom is 0.326 e. The molecule has 1 saturated heterocycles. The minimum Gasteiger partial charge on any atom is -0.487 e. The van der Waals surface area contributed by atoms with Crippen molar-refractivity contribution in [2.75, 3.05) is 19.8 Å². The number of ether oxygens (including phenoxy) is 2. The molecule has 0 aromatic heterocycles. The number of urea groups is 1. The van der Waals surface area contributed by atoms with Gasteiger partial charge < -0.3 is 14.8 Å². The molecule has 8 heteroatoms. The molecule has 0 unspecified atom stereocenters. The molecule has 1 heterocycles. The van der Waals surface area contributed by atoms with Gasteiger partial charge >= 0.3 is 12.0 Å². The van der Waals surface area contributed by atoms with Crippen LogP contribution in [0.15, 0.2) is 24.3 Å². The van der Waals surface area contributed by atoms with Crippen molar-refractivity contribution in [2.45, 2.75) is 32.2 Å². The van der Waals surface area contributed by atoms with Crippen LogP contribution in [0.4, 0.5) is 9.18 Å². The fourth-order valence-electron chi connectivity index (χ4n) is 2.59. The summed E-state index contributed by atoms with van der Waals surface area (Å²) in [5, 5.41) is 2.63. The van der Waals surface area contributed by atoms with Crippen molar-refractivity contribution >= 4 is 17.9 Å². The molecule has 1 aromatic rings. The number of esters is 1. The Bertz CT molecular complexity index is 660. The number of imide groups is 1. The zero-order valence-corrected chi connectivity index (χ0v) is 14.2. The van der Waals surface area contributed by atoms with E-state index in [2.05, 4.69) is 5.32 Å². The molecular weight excluding hydrogens is 331 g/mol. The van der Waals surface area contributed by atoms with Crippen molar-refractivity contribution in [3.63, 3.8) is 0 Å². The summed E-state index contributed by atoms with van der Waals surface area (Å²) in [4.78, 5) is 37.0. The average molecular weight is 352 g/mol. The highest BCUT2D eigenvalue weighted by molar-refractivity contribution is 6.08. The van der Waals surface area contributed by atoms with E-state index in [0.717, 1.165) is 4.90 Å². The van der Waals surface area contributed by atoms with Crippen molar-refractivity contribution in [3.8, 4) is 5.75 Å². The molecule has 2 rings (SSSR count). The Hall–Kier alpha value is -2.64. The lowest BCUT2D eigenvalue weighted by Crippen LogP contribution is -2.46. The number of rotatable bonds is 8. The first-order valence-corrected chi connectivity index (χ1v) is 8.10. The van der Waals surface area contributed by atoms with Crippen LogP contribution in [-0.4, -0.2) is 48.1 Å². The second kappa shape index (κ2) is 7.96. The van der Waals surface area contributed by atoms with E-state index in [-0.39, 0.29) is 19.0 Å². The molecule has 1 aliphatic rings. The van der Waals surface area contributed by atoms with Gasteiger partial charge in [-0.25, -0.2) is 9.18 Å². The third-order valence-electron chi connectivity index (χ3n) is 4.18. The van der Waals surface area contributed by atoms with Crippen molar-refractivity contribution in [2.24, 2.45) is 0 Å². The van der Waals surface area contributed by atoms with Gasteiger partial charge in [0.05, 0.1) is 0 Å². The van der Waals surface area contributed by atoms with Crippen molar-refractivity contribution in [1.82, 2.24) is 10.2 Å². The van der Waals surface area contributed by atoms with E-state index in [1.165, 1.54) is 18.2 Å². The third-order valence-corrected chi connectivity index (χ3v) is 4.18. The Labute approximate surface area is 145 Å². The van der Waals surface area contributed by atoms with Crippen LogP contribution in [0.3, 0.4) is 0 Å². The van der Waals surface area contributed by atoms with Crippen LogP contribution >= 0.6 is 0 Å². The minimum atomic E-state index is -0.953. The van der Waals surface area contributed by atoms with E-state index in [1.54, 1.807) is 19.9 Å². The first-order valence-electron chi connectivity index (χ1n) is 8.10. The molecular formula is C17H21FN2O5. The van der Waals surface area contributed by atoms with Crippen LogP contribution in [0.25, 0.3) is 0 Å². The molecule has 0 aliphatic carbocycles. The van der Waals surface area contributed by atoms with E-state index in [1.807, 2.05) is 0 Å². The number of benzene rings is 1. The Balaban J connectivity index is 1.80. The van der Waals surface area contributed by atoms with Crippen molar-refractivity contribution in [3.05, 3.63) is 30.1 Å². The van der Waals surface area contributed by atoms with E-state index < -0.39 is 35.8 Å². The van der Waals surface area contributed by atoms with E-state index in [4.69, 9.17) is 9.47 Å². The standard InChI is InChI=1S/C17H21FN2O5/c1-3-17(4-2)15(22)20(16(23)19-17)11-14(21)25-10-9-24-13-8-6-5-7-12(13)18/h5-8H,3-4,9-11H2,1-2H3,(H,19,23). The summed E-state index contributed by atoms with van der Waals surface area (Å²) in [6.45, 7) is 2.96. The van der Waals surface area contributed by atoms with Gasteiger partial charge in [-0.1, -0.05) is 26.0 Å². The summed E-state index contributed by atoms with van der Waals surface area (Å²) in [5.41, 5.74) is -0.953. The largest absolute Gasteiger partial charge is 0.487 e. The molecule has 1 fully saturated rings. The zero-order valence-electron chi connectivity index (χ0n) is 14.2. The highest BCUT2D eigenvalue weighted by atomic mass is 19.1. The Morgan fingerprint density at radius 1 is 1.20 bits per heavy atom. The molecule has 1 N–H and O–H groups in total. The second-order valence-corrected chi connectivity index (χ2v) is 5.61.